The van der Waals surface area contributed by atoms with Crippen LogP contribution in [0.25, 0.3) is 0 Å². The molecule has 0 aromatic heterocycles. The van der Waals surface area contributed by atoms with Gasteiger partial charge < -0.3 is 20.3 Å². The molecule has 0 bridgehead atoms. The van der Waals surface area contributed by atoms with E-state index >= 15 is 0 Å². The van der Waals surface area contributed by atoms with E-state index in [1.165, 1.54) is 161 Å². The minimum absolute atomic E-state index is 0.0427. The van der Waals surface area contributed by atoms with Crippen molar-refractivity contribution in [2.75, 3.05) is 6.61 Å². The Labute approximate surface area is 391 Å². The third-order valence-electron chi connectivity index (χ3n) is 12.4. The van der Waals surface area contributed by atoms with Gasteiger partial charge in [-0.1, -0.05) is 249 Å². The molecule has 0 saturated heterocycles. The number of esters is 1. The maximum Gasteiger partial charge on any atom is 0.306 e. The van der Waals surface area contributed by atoms with Crippen LogP contribution in [0, 0.1) is 0 Å². The second-order valence-corrected chi connectivity index (χ2v) is 18.6. The summed E-state index contributed by atoms with van der Waals surface area (Å²) in [5.41, 5.74) is 0. The molecule has 0 rings (SSSR count). The van der Waals surface area contributed by atoms with E-state index in [1.807, 2.05) is 0 Å². The molecule has 0 saturated carbocycles. The maximum absolute atomic E-state index is 13.2. The third kappa shape index (κ3) is 46.2. The van der Waals surface area contributed by atoms with Crippen LogP contribution < -0.4 is 5.32 Å². The van der Waals surface area contributed by atoms with Crippen molar-refractivity contribution in [3.63, 3.8) is 0 Å². The molecule has 0 fully saturated rings. The molecule has 0 aliphatic heterocycles. The largest absolute Gasteiger partial charge is 0.462 e. The summed E-state index contributed by atoms with van der Waals surface area (Å²) in [7, 11) is 0. The van der Waals surface area contributed by atoms with Crippen LogP contribution in [-0.2, 0) is 14.3 Å². The van der Waals surface area contributed by atoms with Crippen molar-refractivity contribution in [1.29, 1.82) is 0 Å². The minimum atomic E-state index is -0.801. The Morgan fingerprint density at radius 1 is 0.460 bits per heavy atom. The first kappa shape index (κ1) is 60.8. The zero-order valence-corrected chi connectivity index (χ0v) is 42.0. The van der Waals surface area contributed by atoms with E-state index in [9.17, 15) is 19.8 Å². The Morgan fingerprint density at radius 2 is 0.825 bits per heavy atom. The molecule has 0 spiro atoms. The fraction of sp³-hybridized carbons (Fsp3) is 0.825. The first-order valence-corrected chi connectivity index (χ1v) is 27.4. The van der Waals surface area contributed by atoms with Crippen LogP contribution in [0.15, 0.2) is 48.6 Å². The number of aliphatic hydroxyl groups excluding tert-OH is 2. The molecular weight excluding hydrogens is 779 g/mol. The van der Waals surface area contributed by atoms with Crippen LogP contribution in [0.2, 0.25) is 0 Å². The van der Waals surface area contributed by atoms with Gasteiger partial charge >= 0.3 is 5.97 Å². The molecule has 3 N–H and O–H groups in total. The summed E-state index contributed by atoms with van der Waals surface area (Å²) in [6.45, 7) is 6.46. The average Bonchev–Trinajstić information content (AvgIpc) is 3.28. The van der Waals surface area contributed by atoms with Crippen LogP contribution in [0.3, 0.4) is 0 Å². The van der Waals surface area contributed by atoms with E-state index in [-0.39, 0.29) is 24.9 Å². The van der Waals surface area contributed by atoms with Crippen molar-refractivity contribution in [2.45, 2.75) is 296 Å². The molecule has 3 atom stereocenters. The number of allylic oxidation sites excluding steroid dienone is 8. The number of amides is 1. The van der Waals surface area contributed by atoms with E-state index in [2.05, 4.69) is 74.7 Å². The van der Waals surface area contributed by atoms with Crippen molar-refractivity contribution in [1.82, 2.24) is 5.32 Å². The highest BCUT2D eigenvalue weighted by Gasteiger charge is 2.24. The second-order valence-electron chi connectivity index (χ2n) is 18.6. The number of carbonyl (C=O) groups is 2. The quantitative estimate of drug-likeness (QED) is 0.0321. The topological polar surface area (TPSA) is 95.9 Å². The van der Waals surface area contributed by atoms with Gasteiger partial charge in [0.05, 0.1) is 25.2 Å². The highest BCUT2D eigenvalue weighted by Crippen LogP contribution is 2.18. The van der Waals surface area contributed by atoms with E-state index < -0.39 is 18.2 Å². The van der Waals surface area contributed by atoms with Crippen molar-refractivity contribution < 1.29 is 24.5 Å². The van der Waals surface area contributed by atoms with Gasteiger partial charge in [0.25, 0.3) is 0 Å². The molecule has 0 heterocycles. The lowest BCUT2D eigenvalue weighted by molar-refractivity contribution is -0.151. The number of unbranched alkanes of at least 4 members (excludes halogenated alkanes) is 29. The average molecular weight is 884 g/mol. The normalized spacial score (nSPS) is 13.5. The predicted octanol–water partition coefficient (Wildman–Crippen LogP) is 16.6. The van der Waals surface area contributed by atoms with Crippen molar-refractivity contribution in [3.8, 4) is 0 Å². The second kappa shape index (κ2) is 50.8. The number of aliphatic hydroxyl groups is 2. The Morgan fingerprint density at radius 3 is 1.25 bits per heavy atom. The lowest BCUT2D eigenvalue weighted by Crippen LogP contribution is -2.46. The number of ether oxygens (including phenoxy) is 1. The fourth-order valence-corrected chi connectivity index (χ4v) is 8.24. The number of carbonyl (C=O) groups excluding carboxylic acids is 2. The van der Waals surface area contributed by atoms with Crippen LogP contribution in [0.4, 0.5) is 0 Å². The highest BCUT2D eigenvalue weighted by atomic mass is 16.5. The molecule has 3 unspecified atom stereocenters. The first-order valence-electron chi connectivity index (χ1n) is 27.4. The minimum Gasteiger partial charge on any atom is -0.462 e. The Kier molecular flexibility index (Phi) is 49.1. The molecule has 6 nitrogen and oxygen atoms in total. The molecule has 1 amide bonds. The van der Waals surface area contributed by atoms with E-state index in [0.29, 0.717) is 19.3 Å². The van der Waals surface area contributed by atoms with E-state index in [4.69, 9.17) is 4.74 Å². The molecule has 0 aliphatic rings. The molecule has 6 heteroatoms. The summed E-state index contributed by atoms with van der Waals surface area (Å²) < 4.78 is 5.92. The zero-order chi connectivity index (χ0) is 45.9. The summed E-state index contributed by atoms with van der Waals surface area (Å²) in [4.78, 5) is 26.2. The van der Waals surface area contributed by atoms with Gasteiger partial charge in [0, 0.05) is 6.42 Å². The highest BCUT2D eigenvalue weighted by molar-refractivity contribution is 5.77. The van der Waals surface area contributed by atoms with Gasteiger partial charge in [0.1, 0.15) is 6.10 Å². The Bertz CT molecular complexity index is 1080. The van der Waals surface area contributed by atoms with E-state index in [0.717, 1.165) is 70.6 Å². The van der Waals surface area contributed by atoms with Gasteiger partial charge in [0.15, 0.2) is 0 Å². The lowest BCUT2D eigenvalue weighted by Gasteiger charge is -2.24. The van der Waals surface area contributed by atoms with Gasteiger partial charge in [-0.2, -0.15) is 0 Å². The first-order chi connectivity index (χ1) is 31.0. The van der Waals surface area contributed by atoms with Crippen LogP contribution in [-0.4, -0.2) is 46.9 Å². The SMILES string of the molecule is CCCCC/C=C\C/C=C\C/C=C\C/C=C\CCCC(CC(=O)NC(CO)C(O)CCCCCCCCCCCCCCCC)OC(=O)CCCCCCCCCCCCCCC. The summed E-state index contributed by atoms with van der Waals surface area (Å²) >= 11 is 0. The smallest absolute Gasteiger partial charge is 0.306 e. The number of hydrogen-bond donors (Lipinski definition) is 3. The van der Waals surface area contributed by atoms with Crippen molar-refractivity contribution in [2.24, 2.45) is 0 Å². The van der Waals surface area contributed by atoms with Crippen molar-refractivity contribution in [3.05, 3.63) is 48.6 Å². The maximum atomic E-state index is 13.2. The molecule has 0 aromatic rings. The Balaban J connectivity index is 4.66. The van der Waals surface area contributed by atoms with Gasteiger partial charge in [-0.25, -0.2) is 0 Å². The van der Waals surface area contributed by atoms with Crippen LogP contribution in [0.5, 0.6) is 0 Å². The van der Waals surface area contributed by atoms with Gasteiger partial charge in [-0.05, 0) is 64.2 Å². The van der Waals surface area contributed by atoms with Gasteiger partial charge in [-0.15, -0.1) is 0 Å². The number of rotatable bonds is 49. The van der Waals surface area contributed by atoms with Gasteiger partial charge in [0.2, 0.25) is 5.91 Å². The molecular formula is C57H105NO5. The molecule has 63 heavy (non-hydrogen) atoms. The predicted molar refractivity (Wildman–Crippen MR) is 273 cm³/mol. The molecule has 0 aromatic carbocycles. The zero-order valence-electron chi connectivity index (χ0n) is 42.0. The third-order valence-corrected chi connectivity index (χ3v) is 12.4. The summed E-state index contributed by atoms with van der Waals surface area (Å²) in [5.74, 6) is -0.518. The van der Waals surface area contributed by atoms with Crippen molar-refractivity contribution >= 4 is 11.9 Å². The summed E-state index contributed by atoms with van der Waals surface area (Å²) in [6.07, 6.45) is 61.7. The summed E-state index contributed by atoms with van der Waals surface area (Å²) in [5, 5.41) is 23.8. The summed E-state index contributed by atoms with van der Waals surface area (Å²) in [6, 6.07) is -0.717. The Hall–Kier alpha value is -2.18. The monoisotopic (exact) mass is 884 g/mol. The number of nitrogens with one attached hydrogen (secondary N) is 1. The molecule has 0 radical (unpaired) electrons. The lowest BCUT2D eigenvalue weighted by atomic mass is 10.0. The van der Waals surface area contributed by atoms with Crippen LogP contribution in [0.1, 0.15) is 278 Å². The van der Waals surface area contributed by atoms with E-state index in [1.54, 1.807) is 0 Å². The molecule has 368 valence electrons. The number of hydrogen-bond acceptors (Lipinski definition) is 5. The molecule has 0 aliphatic carbocycles. The van der Waals surface area contributed by atoms with Crippen LogP contribution >= 0.6 is 0 Å². The fourth-order valence-electron chi connectivity index (χ4n) is 8.24. The van der Waals surface area contributed by atoms with Gasteiger partial charge in [-0.3, -0.25) is 9.59 Å². The standard InChI is InChI=1S/C57H105NO5/c1-4-7-10-13-16-19-22-25-27-28-29-31-33-36-39-42-45-48-53(63-57(62)50-47-44-41-38-35-30-24-21-18-15-12-9-6-3)51-56(61)58-54(52-59)55(60)49-46-43-40-37-34-32-26-23-20-17-14-11-8-5-2/h16,19,25,27,29,31,36,39,53-55,59-60H,4-15,17-18,20-24,26,28,30,32-35,37-38,40-52H2,1-3H3,(H,58,61)/b19-16-,27-25-,31-29-,39-36-.